The summed E-state index contributed by atoms with van der Waals surface area (Å²) in [5, 5.41) is 10.6. The van der Waals surface area contributed by atoms with Gasteiger partial charge in [-0.15, -0.1) is 0 Å². The molecule has 2 atom stereocenters. The Kier molecular flexibility index (Phi) is 3.71. The minimum Gasteiger partial charge on any atom is -0.258 e. The minimum atomic E-state index is -3.51. The van der Waals surface area contributed by atoms with Crippen molar-refractivity contribution in [3.63, 3.8) is 0 Å². The molecule has 7 heteroatoms. The third-order valence-electron chi connectivity index (χ3n) is 4.38. The number of nitrogens with zero attached hydrogens (tertiary/aromatic N) is 2. The standard InChI is InChI=1S/C14H18N2O4S/c17-16(18)11-7-9-12(10-8-11)21(19,20)15-13-5-3-1-2-4-6-14(13)15/h7-10,13-14H,1-6H2. The van der Waals surface area contributed by atoms with Gasteiger partial charge < -0.3 is 0 Å². The second-order valence-corrected chi connectivity index (χ2v) is 7.56. The fraction of sp³-hybridized carbons (Fsp3) is 0.571. The topological polar surface area (TPSA) is 80.3 Å². The molecule has 0 amide bonds. The highest BCUT2D eigenvalue weighted by Gasteiger charge is 2.54. The maximum atomic E-state index is 12.6. The van der Waals surface area contributed by atoms with E-state index in [0.29, 0.717) is 0 Å². The zero-order valence-corrected chi connectivity index (χ0v) is 12.5. The van der Waals surface area contributed by atoms with Crippen molar-refractivity contribution in [2.75, 3.05) is 0 Å². The number of hydrogen-bond acceptors (Lipinski definition) is 4. The largest absolute Gasteiger partial charge is 0.269 e. The van der Waals surface area contributed by atoms with E-state index in [1.54, 1.807) is 4.31 Å². The maximum absolute atomic E-state index is 12.6. The molecule has 0 radical (unpaired) electrons. The summed E-state index contributed by atoms with van der Waals surface area (Å²) in [6.45, 7) is 0. The molecule has 0 N–H and O–H groups in total. The quantitative estimate of drug-likeness (QED) is 0.488. The van der Waals surface area contributed by atoms with Gasteiger partial charge in [0.25, 0.3) is 5.69 Å². The van der Waals surface area contributed by atoms with Crippen LogP contribution in [0.4, 0.5) is 5.69 Å². The predicted molar refractivity (Wildman–Crippen MR) is 77.4 cm³/mol. The van der Waals surface area contributed by atoms with Crippen molar-refractivity contribution in [2.24, 2.45) is 0 Å². The number of fused-ring (bicyclic) bond motifs is 1. The van der Waals surface area contributed by atoms with E-state index in [9.17, 15) is 18.5 Å². The summed E-state index contributed by atoms with van der Waals surface area (Å²) in [5.74, 6) is 0. The summed E-state index contributed by atoms with van der Waals surface area (Å²) in [4.78, 5) is 10.3. The van der Waals surface area contributed by atoms with Crippen LogP contribution in [0.1, 0.15) is 38.5 Å². The Labute approximate surface area is 124 Å². The zero-order chi connectivity index (χ0) is 15.0. The van der Waals surface area contributed by atoms with Gasteiger partial charge in [-0.3, -0.25) is 10.1 Å². The zero-order valence-electron chi connectivity index (χ0n) is 11.6. The van der Waals surface area contributed by atoms with Crippen LogP contribution in [-0.2, 0) is 10.0 Å². The van der Waals surface area contributed by atoms with E-state index in [1.807, 2.05) is 0 Å². The van der Waals surface area contributed by atoms with E-state index in [1.165, 1.54) is 37.1 Å². The second-order valence-electron chi connectivity index (χ2n) is 5.71. The fourth-order valence-corrected chi connectivity index (χ4v) is 5.10. The van der Waals surface area contributed by atoms with Crippen LogP contribution in [0.5, 0.6) is 0 Å². The van der Waals surface area contributed by atoms with Gasteiger partial charge in [0.15, 0.2) is 0 Å². The molecule has 0 spiro atoms. The lowest BCUT2D eigenvalue weighted by Gasteiger charge is -2.06. The first-order valence-electron chi connectivity index (χ1n) is 7.30. The lowest BCUT2D eigenvalue weighted by Crippen LogP contribution is -2.16. The molecule has 1 saturated heterocycles. The summed E-state index contributed by atoms with van der Waals surface area (Å²) in [5.41, 5.74) is -0.0919. The van der Waals surface area contributed by atoms with Crippen LogP contribution in [0.15, 0.2) is 29.2 Å². The molecule has 2 fully saturated rings. The Morgan fingerprint density at radius 3 is 2.00 bits per heavy atom. The van der Waals surface area contributed by atoms with Crippen LogP contribution in [-0.4, -0.2) is 29.7 Å². The van der Waals surface area contributed by atoms with Gasteiger partial charge in [0, 0.05) is 24.2 Å². The Hall–Kier alpha value is -1.47. The van der Waals surface area contributed by atoms with Crippen molar-refractivity contribution in [1.82, 2.24) is 4.31 Å². The first kappa shape index (κ1) is 14.5. The fourth-order valence-electron chi connectivity index (χ4n) is 3.23. The van der Waals surface area contributed by atoms with Gasteiger partial charge in [-0.1, -0.05) is 25.7 Å². The maximum Gasteiger partial charge on any atom is 0.269 e. The van der Waals surface area contributed by atoms with Gasteiger partial charge in [-0.05, 0) is 25.0 Å². The first-order valence-corrected chi connectivity index (χ1v) is 8.74. The van der Waals surface area contributed by atoms with Crippen LogP contribution in [0.3, 0.4) is 0 Å². The Bertz CT molecular complexity index is 627. The first-order chi connectivity index (χ1) is 10.0. The van der Waals surface area contributed by atoms with Crippen LogP contribution in [0.2, 0.25) is 0 Å². The minimum absolute atomic E-state index is 0.0919. The van der Waals surface area contributed by atoms with Crippen LogP contribution in [0, 0.1) is 10.1 Å². The third kappa shape index (κ3) is 2.67. The van der Waals surface area contributed by atoms with E-state index < -0.39 is 14.9 Å². The molecule has 2 unspecified atom stereocenters. The molecular formula is C14H18N2O4S. The summed E-state index contributed by atoms with van der Waals surface area (Å²) in [6, 6.07) is 5.42. The molecular weight excluding hydrogens is 292 g/mol. The van der Waals surface area contributed by atoms with Crippen molar-refractivity contribution in [1.29, 1.82) is 0 Å². The number of benzene rings is 1. The van der Waals surface area contributed by atoms with E-state index in [4.69, 9.17) is 0 Å². The predicted octanol–water partition coefficient (Wildman–Crippen LogP) is 2.69. The molecule has 1 saturated carbocycles. The molecule has 114 valence electrons. The molecule has 0 aromatic heterocycles. The van der Waals surface area contributed by atoms with Gasteiger partial charge >= 0.3 is 0 Å². The number of sulfonamides is 1. The Morgan fingerprint density at radius 2 is 1.52 bits per heavy atom. The van der Waals surface area contributed by atoms with E-state index >= 15 is 0 Å². The molecule has 1 aromatic carbocycles. The van der Waals surface area contributed by atoms with Crippen molar-refractivity contribution < 1.29 is 13.3 Å². The SMILES string of the molecule is O=[N+]([O-])c1ccc(S(=O)(=O)N2C3CCCCCCC32)cc1. The highest BCUT2D eigenvalue weighted by Crippen LogP contribution is 2.43. The van der Waals surface area contributed by atoms with Crippen molar-refractivity contribution in [3.8, 4) is 0 Å². The van der Waals surface area contributed by atoms with Gasteiger partial charge in [-0.25, -0.2) is 8.42 Å². The highest BCUT2D eigenvalue weighted by atomic mass is 32.2. The number of rotatable bonds is 3. The lowest BCUT2D eigenvalue weighted by molar-refractivity contribution is -0.384. The lowest BCUT2D eigenvalue weighted by atomic mass is 10.0. The molecule has 2 aliphatic rings. The molecule has 1 aromatic rings. The van der Waals surface area contributed by atoms with Crippen molar-refractivity contribution in [3.05, 3.63) is 34.4 Å². The molecule has 1 aliphatic carbocycles. The molecule has 21 heavy (non-hydrogen) atoms. The van der Waals surface area contributed by atoms with Gasteiger partial charge in [-0.2, -0.15) is 4.31 Å². The highest BCUT2D eigenvalue weighted by molar-refractivity contribution is 7.89. The summed E-state index contributed by atoms with van der Waals surface area (Å²) in [6.07, 6.45) is 6.36. The van der Waals surface area contributed by atoms with Gasteiger partial charge in [0.2, 0.25) is 10.0 Å². The third-order valence-corrected chi connectivity index (χ3v) is 6.35. The van der Waals surface area contributed by atoms with E-state index in [0.717, 1.165) is 25.7 Å². The summed E-state index contributed by atoms with van der Waals surface area (Å²) < 4.78 is 26.8. The van der Waals surface area contributed by atoms with Crippen LogP contribution >= 0.6 is 0 Å². The molecule has 1 heterocycles. The normalized spacial score (nSPS) is 29.0. The van der Waals surface area contributed by atoms with Gasteiger partial charge in [0.05, 0.1) is 9.82 Å². The monoisotopic (exact) mass is 310 g/mol. The smallest absolute Gasteiger partial charge is 0.258 e. The molecule has 1 aliphatic heterocycles. The Morgan fingerprint density at radius 1 is 1.00 bits per heavy atom. The molecule has 6 nitrogen and oxygen atoms in total. The van der Waals surface area contributed by atoms with E-state index in [2.05, 4.69) is 0 Å². The average Bonchev–Trinajstić information content (AvgIpc) is 3.11. The molecule has 3 rings (SSSR count). The number of hydrogen-bond donors (Lipinski definition) is 0. The summed E-state index contributed by atoms with van der Waals surface area (Å²) >= 11 is 0. The van der Waals surface area contributed by atoms with Crippen molar-refractivity contribution in [2.45, 2.75) is 55.5 Å². The average molecular weight is 310 g/mol. The van der Waals surface area contributed by atoms with Crippen LogP contribution in [0.25, 0.3) is 0 Å². The number of nitro benzene ring substituents is 1. The molecule has 0 bridgehead atoms. The Balaban J connectivity index is 1.82. The van der Waals surface area contributed by atoms with Crippen LogP contribution < -0.4 is 0 Å². The van der Waals surface area contributed by atoms with E-state index in [-0.39, 0.29) is 22.7 Å². The second kappa shape index (κ2) is 5.38. The van der Waals surface area contributed by atoms with Gasteiger partial charge in [0.1, 0.15) is 0 Å². The number of non-ortho nitro benzene ring substituents is 1. The number of nitro groups is 1. The van der Waals surface area contributed by atoms with Crippen molar-refractivity contribution >= 4 is 15.7 Å². The summed E-state index contributed by atoms with van der Waals surface area (Å²) in [7, 11) is -3.51.